The van der Waals surface area contributed by atoms with Gasteiger partial charge in [-0.05, 0) is 76.7 Å². The lowest BCUT2D eigenvalue weighted by atomic mass is 10.2. The van der Waals surface area contributed by atoms with Crippen molar-refractivity contribution in [3.8, 4) is 11.5 Å². The number of halogens is 1. The summed E-state index contributed by atoms with van der Waals surface area (Å²) in [7, 11) is 1.49. The Labute approximate surface area is 181 Å². The molecule has 0 fully saturated rings. The largest absolute Gasteiger partial charge is 0.493 e. The number of amides is 1. The van der Waals surface area contributed by atoms with Gasteiger partial charge in [-0.15, -0.1) is 0 Å². The zero-order valence-electron chi connectivity index (χ0n) is 15.5. The zero-order valence-corrected chi connectivity index (χ0v) is 17.6. The number of hydrogen-bond donors (Lipinski definition) is 1. The van der Waals surface area contributed by atoms with Gasteiger partial charge >= 0.3 is 5.97 Å². The molecule has 0 atom stereocenters. The molecule has 7 heteroatoms. The van der Waals surface area contributed by atoms with Gasteiger partial charge in [0.15, 0.2) is 11.5 Å². The Morgan fingerprint density at radius 1 is 0.931 bits per heavy atom. The van der Waals surface area contributed by atoms with Crippen LogP contribution in [0, 0.1) is 3.57 Å². The molecule has 0 saturated heterocycles. The van der Waals surface area contributed by atoms with Crippen LogP contribution in [0.4, 0.5) is 0 Å². The first-order chi connectivity index (χ1) is 14.1. The molecule has 1 amide bonds. The summed E-state index contributed by atoms with van der Waals surface area (Å²) in [6, 6.07) is 20.9. The first kappa shape index (κ1) is 20.5. The van der Waals surface area contributed by atoms with Gasteiger partial charge in [-0.2, -0.15) is 5.10 Å². The number of carbonyl (C=O) groups excluding carboxylic acids is 2. The molecule has 0 radical (unpaired) electrons. The van der Waals surface area contributed by atoms with E-state index in [0.29, 0.717) is 22.4 Å². The maximum Gasteiger partial charge on any atom is 0.343 e. The summed E-state index contributed by atoms with van der Waals surface area (Å²) in [6.45, 7) is 0. The summed E-state index contributed by atoms with van der Waals surface area (Å²) >= 11 is 2.14. The maximum atomic E-state index is 12.3. The van der Waals surface area contributed by atoms with Crippen LogP contribution in [-0.4, -0.2) is 25.2 Å². The van der Waals surface area contributed by atoms with E-state index >= 15 is 0 Å². The van der Waals surface area contributed by atoms with Crippen molar-refractivity contribution < 1.29 is 19.1 Å². The molecule has 3 rings (SSSR count). The second-order valence-electron chi connectivity index (χ2n) is 5.88. The highest BCUT2D eigenvalue weighted by Crippen LogP contribution is 2.28. The van der Waals surface area contributed by atoms with Crippen LogP contribution in [0.3, 0.4) is 0 Å². The lowest BCUT2D eigenvalue weighted by Crippen LogP contribution is -2.17. The van der Waals surface area contributed by atoms with Gasteiger partial charge in [0.1, 0.15) is 0 Å². The van der Waals surface area contributed by atoms with E-state index in [1.807, 2.05) is 12.1 Å². The van der Waals surface area contributed by atoms with Gasteiger partial charge in [0.05, 0.1) is 18.9 Å². The van der Waals surface area contributed by atoms with E-state index in [-0.39, 0.29) is 11.7 Å². The van der Waals surface area contributed by atoms with E-state index in [1.165, 1.54) is 13.3 Å². The van der Waals surface area contributed by atoms with Crippen molar-refractivity contribution in [3.63, 3.8) is 0 Å². The lowest BCUT2D eigenvalue weighted by Gasteiger charge is -2.10. The molecule has 29 heavy (non-hydrogen) atoms. The number of methoxy groups -OCH3 is 1. The number of benzene rings is 3. The predicted octanol–water partition coefficient (Wildman–Crippen LogP) is 4.28. The van der Waals surface area contributed by atoms with E-state index in [2.05, 4.69) is 33.1 Å². The van der Waals surface area contributed by atoms with Crippen LogP contribution in [0.25, 0.3) is 0 Å². The molecular formula is C22H17IN2O4. The van der Waals surface area contributed by atoms with Crippen molar-refractivity contribution in [2.75, 3.05) is 7.11 Å². The minimum Gasteiger partial charge on any atom is -0.493 e. The van der Waals surface area contributed by atoms with Gasteiger partial charge in [-0.3, -0.25) is 4.79 Å². The standard InChI is InChI=1S/C22H17IN2O4/c1-28-19-11-10-15(12-20(19)29-22(27)16-6-3-2-4-7-16)14-24-25-21(26)17-8-5-9-18(23)13-17/h2-14H,1H3,(H,25,26)/b24-14-. The van der Waals surface area contributed by atoms with Gasteiger partial charge in [-0.1, -0.05) is 24.3 Å². The molecule has 0 aliphatic heterocycles. The SMILES string of the molecule is COc1ccc(/C=N\NC(=O)c2cccc(I)c2)cc1OC(=O)c1ccccc1. The normalized spacial score (nSPS) is 10.6. The van der Waals surface area contributed by atoms with Crippen LogP contribution >= 0.6 is 22.6 Å². The molecule has 0 spiro atoms. The Balaban J connectivity index is 1.71. The van der Waals surface area contributed by atoms with Crippen molar-refractivity contribution in [1.82, 2.24) is 5.43 Å². The molecular weight excluding hydrogens is 483 g/mol. The summed E-state index contributed by atoms with van der Waals surface area (Å²) in [5.41, 5.74) is 4.05. The highest BCUT2D eigenvalue weighted by molar-refractivity contribution is 14.1. The molecule has 1 N–H and O–H groups in total. The van der Waals surface area contributed by atoms with Crippen molar-refractivity contribution >= 4 is 40.7 Å². The average molecular weight is 500 g/mol. The third kappa shape index (κ3) is 5.64. The summed E-state index contributed by atoms with van der Waals surface area (Å²) in [4.78, 5) is 24.5. The number of hydrazone groups is 1. The van der Waals surface area contributed by atoms with Crippen LogP contribution in [0.15, 0.2) is 77.9 Å². The molecule has 0 aliphatic rings. The Bertz CT molecular complexity index is 1050. The number of nitrogens with one attached hydrogen (secondary N) is 1. The van der Waals surface area contributed by atoms with Gasteiger partial charge in [0, 0.05) is 9.13 Å². The molecule has 0 aromatic heterocycles. The molecule has 6 nitrogen and oxygen atoms in total. The molecule has 0 unspecified atom stereocenters. The number of carbonyl (C=O) groups is 2. The number of rotatable bonds is 6. The van der Waals surface area contributed by atoms with Gasteiger partial charge < -0.3 is 9.47 Å². The smallest absolute Gasteiger partial charge is 0.343 e. The molecule has 0 heterocycles. The van der Waals surface area contributed by atoms with E-state index in [1.54, 1.807) is 60.7 Å². The number of ether oxygens (including phenoxy) is 2. The van der Waals surface area contributed by atoms with E-state index in [9.17, 15) is 9.59 Å². The molecule has 0 bridgehead atoms. The van der Waals surface area contributed by atoms with Crippen molar-refractivity contribution in [3.05, 3.63) is 93.1 Å². The minimum atomic E-state index is -0.495. The van der Waals surface area contributed by atoms with Crippen molar-refractivity contribution in [2.45, 2.75) is 0 Å². The maximum absolute atomic E-state index is 12.3. The summed E-state index contributed by atoms with van der Waals surface area (Å²) in [5, 5.41) is 3.97. The quantitative estimate of drug-likeness (QED) is 0.180. The third-order valence-electron chi connectivity index (χ3n) is 3.87. The minimum absolute atomic E-state index is 0.259. The monoisotopic (exact) mass is 500 g/mol. The van der Waals surface area contributed by atoms with E-state index < -0.39 is 5.97 Å². The van der Waals surface area contributed by atoms with Crippen LogP contribution < -0.4 is 14.9 Å². The topological polar surface area (TPSA) is 77.0 Å². The van der Waals surface area contributed by atoms with E-state index in [0.717, 1.165) is 3.57 Å². The summed E-state index contributed by atoms with van der Waals surface area (Å²) < 4.78 is 11.7. The van der Waals surface area contributed by atoms with Crippen LogP contribution in [0.1, 0.15) is 26.3 Å². The van der Waals surface area contributed by atoms with Crippen LogP contribution in [0.2, 0.25) is 0 Å². The zero-order chi connectivity index (χ0) is 20.6. The molecule has 3 aromatic carbocycles. The summed E-state index contributed by atoms with van der Waals surface area (Å²) in [5.74, 6) is -0.141. The molecule has 0 saturated carbocycles. The highest BCUT2D eigenvalue weighted by Gasteiger charge is 2.12. The second-order valence-corrected chi connectivity index (χ2v) is 7.12. The Kier molecular flexibility index (Phi) is 6.96. The fraction of sp³-hybridized carbons (Fsp3) is 0.0455. The van der Waals surface area contributed by atoms with Gasteiger partial charge in [-0.25, -0.2) is 10.2 Å². The number of hydrogen-bond acceptors (Lipinski definition) is 5. The van der Waals surface area contributed by atoms with Crippen molar-refractivity contribution in [1.29, 1.82) is 0 Å². The Morgan fingerprint density at radius 3 is 2.41 bits per heavy atom. The predicted molar refractivity (Wildman–Crippen MR) is 119 cm³/mol. The fourth-order valence-corrected chi connectivity index (χ4v) is 2.99. The molecule has 3 aromatic rings. The Morgan fingerprint density at radius 2 is 1.69 bits per heavy atom. The van der Waals surface area contributed by atoms with Crippen molar-refractivity contribution in [2.24, 2.45) is 5.10 Å². The second kappa shape index (κ2) is 9.83. The van der Waals surface area contributed by atoms with E-state index in [4.69, 9.17) is 9.47 Å². The first-order valence-electron chi connectivity index (χ1n) is 8.61. The average Bonchev–Trinajstić information content (AvgIpc) is 2.74. The third-order valence-corrected chi connectivity index (χ3v) is 4.54. The van der Waals surface area contributed by atoms with Crippen LogP contribution in [-0.2, 0) is 0 Å². The van der Waals surface area contributed by atoms with Crippen LogP contribution in [0.5, 0.6) is 11.5 Å². The highest BCUT2D eigenvalue weighted by atomic mass is 127. The van der Waals surface area contributed by atoms with Gasteiger partial charge in [0.2, 0.25) is 0 Å². The van der Waals surface area contributed by atoms with Gasteiger partial charge in [0.25, 0.3) is 5.91 Å². The molecule has 146 valence electrons. The fourth-order valence-electron chi connectivity index (χ4n) is 2.45. The number of nitrogens with zero attached hydrogens (tertiary/aromatic N) is 1. The first-order valence-corrected chi connectivity index (χ1v) is 9.69. The lowest BCUT2D eigenvalue weighted by molar-refractivity contribution is 0.0729. The number of esters is 1. The molecule has 0 aliphatic carbocycles. The Hall–Kier alpha value is -3.20. The summed E-state index contributed by atoms with van der Waals surface area (Å²) in [6.07, 6.45) is 1.46.